The lowest BCUT2D eigenvalue weighted by molar-refractivity contribution is 0.996. The van der Waals surface area contributed by atoms with E-state index in [1.54, 1.807) is 0 Å². The number of thiophene rings is 1. The van der Waals surface area contributed by atoms with E-state index >= 15 is 0 Å². The van der Waals surface area contributed by atoms with E-state index in [0.29, 0.717) is 5.82 Å². The van der Waals surface area contributed by atoms with E-state index in [4.69, 9.17) is 9.97 Å². The van der Waals surface area contributed by atoms with E-state index in [2.05, 4.69) is 133 Å². The monoisotopic (exact) mass is 592 g/mol. The van der Waals surface area contributed by atoms with Crippen LogP contribution in [0, 0.1) is 12.1 Å². The average molecular weight is 593 g/mol. The van der Waals surface area contributed by atoms with Crippen molar-refractivity contribution in [2.45, 2.75) is 12.8 Å². The molecular weight excluding hydrogens is 565 g/mol. The van der Waals surface area contributed by atoms with Crippen molar-refractivity contribution in [1.29, 1.82) is 0 Å². The first kappa shape index (κ1) is 27.0. The Bertz CT molecular complexity index is 2070. The van der Waals surface area contributed by atoms with Gasteiger partial charge >= 0.3 is 0 Å². The van der Waals surface area contributed by atoms with Gasteiger partial charge in [0.1, 0.15) is 0 Å². The van der Waals surface area contributed by atoms with E-state index < -0.39 is 0 Å². The number of allylic oxidation sites excluding steroid dienone is 1. The highest BCUT2D eigenvalue weighted by molar-refractivity contribution is 7.19. The topological polar surface area (TPSA) is 25.8 Å². The van der Waals surface area contributed by atoms with Crippen molar-refractivity contribution < 1.29 is 0 Å². The van der Waals surface area contributed by atoms with Crippen LogP contribution < -0.4 is 0 Å². The molecule has 0 spiro atoms. The maximum Gasteiger partial charge on any atom is 0.161 e. The first-order chi connectivity index (χ1) is 22.3. The highest BCUT2D eigenvalue weighted by atomic mass is 32.1. The molecule has 0 saturated carbocycles. The van der Waals surface area contributed by atoms with Crippen LogP contribution >= 0.6 is 11.3 Å². The second-order valence-corrected chi connectivity index (χ2v) is 12.1. The second kappa shape index (κ2) is 11.8. The third-order valence-corrected chi connectivity index (χ3v) is 9.58. The van der Waals surface area contributed by atoms with Crippen molar-refractivity contribution in [2.75, 3.05) is 0 Å². The van der Waals surface area contributed by atoms with Crippen LogP contribution in [0.15, 0.2) is 140 Å². The minimum Gasteiger partial charge on any atom is -0.228 e. The van der Waals surface area contributed by atoms with Crippen molar-refractivity contribution in [3.63, 3.8) is 0 Å². The average Bonchev–Trinajstić information content (AvgIpc) is 3.52. The van der Waals surface area contributed by atoms with Crippen LogP contribution in [0.1, 0.15) is 17.5 Å². The summed E-state index contributed by atoms with van der Waals surface area (Å²) < 4.78 is 0. The van der Waals surface area contributed by atoms with Crippen LogP contribution in [0.4, 0.5) is 0 Å². The predicted molar refractivity (Wildman–Crippen MR) is 188 cm³/mol. The van der Waals surface area contributed by atoms with Gasteiger partial charge in [-0.2, -0.15) is 0 Å². The van der Waals surface area contributed by atoms with Gasteiger partial charge in [-0.1, -0.05) is 140 Å². The van der Waals surface area contributed by atoms with E-state index in [9.17, 15) is 0 Å². The molecule has 3 heteroatoms. The van der Waals surface area contributed by atoms with E-state index in [0.717, 1.165) is 57.6 Å². The molecule has 212 valence electrons. The Balaban J connectivity index is 1.43. The van der Waals surface area contributed by atoms with Gasteiger partial charge in [-0.05, 0) is 53.3 Å². The fraction of sp³-hybridized carbons (Fsp3) is 0.0476. The van der Waals surface area contributed by atoms with Gasteiger partial charge in [-0.3, -0.25) is 0 Å². The fourth-order valence-electron chi connectivity index (χ4n) is 6.14. The summed E-state index contributed by atoms with van der Waals surface area (Å²) in [4.78, 5) is 13.1. The molecule has 2 heterocycles. The number of rotatable bonds is 6. The Labute approximate surface area is 268 Å². The number of fused-ring (bicyclic) bond motifs is 1. The zero-order valence-corrected chi connectivity index (χ0v) is 25.4. The summed E-state index contributed by atoms with van der Waals surface area (Å²) >= 11 is 1.87. The standard InChI is InChI=1S/C42H28N2S/c1-5-16-29(17-6-1)33-26-15-27-36(39(33)41-35-25-14-13-24-34(35)40(45-41)32-22-11-4-12-23-32)42-43-37(30-18-7-2-8-19-30)28-38(44-42)31-20-9-3-10-21-31/h1-5,7-13,15-16,18-24,26-28H,14,25H2. The molecule has 8 rings (SSSR count). The van der Waals surface area contributed by atoms with Crippen molar-refractivity contribution >= 4 is 17.4 Å². The molecule has 2 aromatic heterocycles. The Morgan fingerprint density at radius 3 is 1.89 bits per heavy atom. The first-order valence-electron chi connectivity index (χ1n) is 15.2. The van der Waals surface area contributed by atoms with Gasteiger partial charge in [0, 0.05) is 37.6 Å². The van der Waals surface area contributed by atoms with E-state index in [1.165, 1.54) is 26.4 Å². The summed E-state index contributed by atoms with van der Waals surface area (Å²) in [7, 11) is 0. The zero-order valence-electron chi connectivity index (χ0n) is 24.6. The third-order valence-electron chi connectivity index (χ3n) is 8.27. The van der Waals surface area contributed by atoms with Gasteiger partial charge in [0.15, 0.2) is 5.82 Å². The minimum atomic E-state index is 0.710. The number of aromatic nitrogens is 2. The van der Waals surface area contributed by atoms with Gasteiger partial charge in [-0.15, -0.1) is 11.3 Å². The lowest BCUT2D eigenvalue weighted by Crippen LogP contribution is -1.99. The molecule has 0 N–H and O–H groups in total. The quantitative estimate of drug-likeness (QED) is 0.192. The summed E-state index contributed by atoms with van der Waals surface area (Å²) in [6.07, 6.45) is 6.62. The maximum atomic E-state index is 5.26. The van der Waals surface area contributed by atoms with Crippen molar-refractivity contribution in [3.8, 4) is 65.9 Å². The molecule has 45 heavy (non-hydrogen) atoms. The molecule has 0 atom stereocenters. The molecule has 5 aromatic carbocycles. The molecular formula is C42H28N2S. The van der Waals surface area contributed by atoms with Gasteiger partial charge in [0.2, 0.25) is 0 Å². The van der Waals surface area contributed by atoms with Crippen LogP contribution in [0.5, 0.6) is 0 Å². The summed E-state index contributed by atoms with van der Waals surface area (Å²) in [6.45, 7) is 0. The molecule has 2 nitrogen and oxygen atoms in total. The van der Waals surface area contributed by atoms with Gasteiger partial charge in [0.25, 0.3) is 0 Å². The Morgan fingerprint density at radius 1 is 0.600 bits per heavy atom. The predicted octanol–water partition coefficient (Wildman–Crippen LogP) is 11.1. The maximum absolute atomic E-state index is 5.26. The highest BCUT2D eigenvalue weighted by Gasteiger charge is 2.26. The molecule has 0 saturated heterocycles. The number of nitrogens with zero attached hydrogens (tertiary/aromatic N) is 2. The third kappa shape index (κ3) is 5.16. The van der Waals surface area contributed by atoms with Gasteiger partial charge < -0.3 is 0 Å². The zero-order chi connectivity index (χ0) is 30.0. The van der Waals surface area contributed by atoms with Gasteiger partial charge in [-0.25, -0.2) is 9.97 Å². The number of hydrogen-bond donors (Lipinski definition) is 0. The number of benzene rings is 4. The lowest BCUT2D eigenvalue weighted by Gasteiger charge is -2.17. The van der Waals surface area contributed by atoms with Crippen molar-refractivity contribution in [2.24, 2.45) is 0 Å². The SMILES string of the molecule is c1cccc(-c2cccc(-c3nc(-c4ccccc4)cc(-c4ccccc4)n3)c2-c2sc(-c3ccccc3)c3c2CCC=C3)c#1. The van der Waals surface area contributed by atoms with Crippen LogP contribution in [-0.4, -0.2) is 9.97 Å². The number of hydrogen-bond acceptors (Lipinski definition) is 3. The molecule has 0 amide bonds. The molecule has 1 aliphatic rings. The molecule has 0 aliphatic heterocycles. The van der Waals surface area contributed by atoms with E-state index in [-0.39, 0.29) is 0 Å². The highest BCUT2D eigenvalue weighted by Crippen LogP contribution is 2.50. The molecule has 1 aliphatic carbocycles. The molecule has 7 aromatic rings. The first-order valence-corrected chi connectivity index (χ1v) is 16.1. The largest absolute Gasteiger partial charge is 0.228 e. The van der Waals surface area contributed by atoms with Crippen molar-refractivity contribution in [1.82, 2.24) is 9.97 Å². The van der Waals surface area contributed by atoms with Crippen LogP contribution in [0.2, 0.25) is 0 Å². The van der Waals surface area contributed by atoms with Crippen LogP contribution in [0.3, 0.4) is 0 Å². The summed E-state index contributed by atoms with van der Waals surface area (Å²) in [5.41, 5.74) is 12.1. The van der Waals surface area contributed by atoms with E-state index in [1.807, 2.05) is 35.6 Å². The molecule has 0 radical (unpaired) electrons. The second-order valence-electron chi connectivity index (χ2n) is 11.1. The smallest absolute Gasteiger partial charge is 0.161 e. The normalized spacial score (nSPS) is 12.0. The Morgan fingerprint density at radius 2 is 1.24 bits per heavy atom. The molecule has 0 fully saturated rings. The Hall–Kier alpha value is -5.56. The minimum absolute atomic E-state index is 0.710. The van der Waals surface area contributed by atoms with Crippen LogP contribution in [-0.2, 0) is 6.42 Å². The van der Waals surface area contributed by atoms with Crippen LogP contribution in [0.25, 0.3) is 72.0 Å². The summed E-state index contributed by atoms with van der Waals surface area (Å²) in [5.74, 6) is 0.710. The molecule has 0 unspecified atom stereocenters. The van der Waals surface area contributed by atoms with Gasteiger partial charge in [0.05, 0.1) is 11.4 Å². The summed E-state index contributed by atoms with van der Waals surface area (Å²) in [5, 5.41) is 0. The summed E-state index contributed by atoms with van der Waals surface area (Å²) in [6, 6.07) is 52.7. The molecule has 0 bridgehead atoms. The lowest BCUT2D eigenvalue weighted by atomic mass is 9.89. The fourth-order valence-corrected chi connectivity index (χ4v) is 7.55. The Kier molecular flexibility index (Phi) is 7.11. The van der Waals surface area contributed by atoms with Crippen molar-refractivity contribution in [3.05, 3.63) is 163 Å².